The number of aromatic nitrogens is 3. The van der Waals surface area contributed by atoms with Gasteiger partial charge in [0.1, 0.15) is 0 Å². The van der Waals surface area contributed by atoms with Gasteiger partial charge in [0.05, 0.1) is 10.9 Å². The first-order valence-corrected chi connectivity index (χ1v) is 11.2. The molecule has 4 rings (SSSR count). The summed E-state index contributed by atoms with van der Waals surface area (Å²) in [6.45, 7) is 6.26. The number of nitrogens with one attached hydrogen (secondary N) is 3. The molecule has 0 aliphatic heterocycles. The number of amides is 2. The second-order valence-electron chi connectivity index (χ2n) is 8.79. The van der Waals surface area contributed by atoms with Crippen molar-refractivity contribution >= 4 is 22.8 Å². The van der Waals surface area contributed by atoms with Crippen molar-refractivity contribution in [1.82, 2.24) is 25.4 Å². The molecule has 0 radical (unpaired) electrons. The van der Waals surface area contributed by atoms with Gasteiger partial charge in [-0.3, -0.25) is 34.8 Å². The summed E-state index contributed by atoms with van der Waals surface area (Å²) in [5, 5.41) is 0.0266. The van der Waals surface area contributed by atoms with Gasteiger partial charge in [-0.1, -0.05) is 32.9 Å². The molecule has 0 unspecified atom stereocenters. The second kappa shape index (κ2) is 9.01. The third kappa shape index (κ3) is 4.72. The normalized spacial score (nSPS) is 13.3. The van der Waals surface area contributed by atoms with Crippen LogP contribution in [0, 0.1) is 5.92 Å². The molecule has 3 aromatic rings. The molecular formula is C24H27N5O4. The molecule has 0 bridgehead atoms. The molecule has 9 nitrogen and oxygen atoms in total. The SMILES string of the molecule is CCc1ccc(C(=O)NNC(=O)c2cc(C3CC3)nc3c2c(=O)[nH]c(=O)n3CC(C)C)cc1. The number of benzene rings is 1. The van der Waals surface area contributed by atoms with Gasteiger partial charge in [0.25, 0.3) is 17.4 Å². The van der Waals surface area contributed by atoms with Crippen LogP contribution in [-0.4, -0.2) is 26.3 Å². The van der Waals surface area contributed by atoms with E-state index in [0.717, 1.165) is 24.8 Å². The zero-order valence-electron chi connectivity index (χ0n) is 18.9. The lowest BCUT2D eigenvalue weighted by Gasteiger charge is -2.15. The van der Waals surface area contributed by atoms with E-state index in [2.05, 4.69) is 20.8 Å². The Balaban J connectivity index is 1.69. The number of carbonyl (C=O) groups is 2. The first-order chi connectivity index (χ1) is 15.8. The van der Waals surface area contributed by atoms with E-state index in [9.17, 15) is 19.2 Å². The lowest BCUT2D eigenvalue weighted by atomic mass is 10.1. The highest BCUT2D eigenvalue weighted by atomic mass is 16.2. The van der Waals surface area contributed by atoms with E-state index in [1.165, 1.54) is 4.57 Å². The Kier molecular flexibility index (Phi) is 6.13. The summed E-state index contributed by atoms with van der Waals surface area (Å²) < 4.78 is 1.40. The average Bonchev–Trinajstić information content (AvgIpc) is 3.64. The number of hydrazine groups is 1. The third-order valence-corrected chi connectivity index (χ3v) is 5.67. The third-order valence-electron chi connectivity index (χ3n) is 5.67. The average molecular weight is 450 g/mol. The van der Waals surface area contributed by atoms with Crippen molar-refractivity contribution in [3.05, 3.63) is 73.6 Å². The number of aryl methyl sites for hydroxylation is 1. The summed E-state index contributed by atoms with van der Waals surface area (Å²) in [6.07, 6.45) is 2.72. The topological polar surface area (TPSA) is 126 Å². The highest BCUT2D eigenvalue weighted by Gasteiger charge is 2.29. The number of nitrogens with zero attached hydrogens (tertiary/aromatic N) is 2. The Labute approximate surface area is 190 Å². The Morgan fingerprint density at radius 2 is 1.79 bits per heavy atom. The lowest BCUT2D eigenvalue weighted by molar-refractivity contribution is 0.0847. The Hall–Kier alpha value is -3.75. The fourth-order valence-electron chi connectivity index (χ4n) is 3.74. The Bertz CT molecular complexity index is 1330. The van der Waals surface area contributed by atoms with Gasteiger partial charge < -0.3 is 0 Å². The number of rotatable bonds is 6. The summed E-state index contributed by atoms with van der Waals surface area (Å²) in [4.78, 5) is 57.6. The number of aromatic amines is 1. The van der Waals surface area contributed by atoms with Crippen LogP contribution >= 0.6 is 0 Å². The molecule has 3 N–H and O–H groups in total. The molecule has 1 aromatic carbocycles. The summed E-state index contributed by atoms with van der Waals surface area (Å²) in [5.41, 5.74) is 5.98. The molecule has 1 saturated carbocycles. The Morgan fingerprint density at radius 1 is 1.12 bits per heavy atom. The first-order valence-electron chi connectivity index (χ1n) is 11.2. The van der Waals surface area contributed by atoms with E-state index in [-0.39, 0.29) is 28.4 Å². The van der Waals surface area contributed by atoms with Crippen LogP contribution in [0.5, 0.6) is 0 Å². The molecule has 1 fully saturated rings. The molecule has 2 heterocycles. The minimum atomic E-state index is -0.684. The summed E-state index contributed by atoms with van der Waals surface area (Å²) in [7, 11) is 0. The van der Waals surface area contributed by atoms with Gasteiger partial charge in [0, 0.05) is 23.7 Å². The van der Waals surface area contributed by atoms with Crippen molar-refractivity contribution in [2.24, 2.45) is 5.92 Å². The number of carbonyl (C=O) groups excluding carboxylic acids is 2. The lowest BCUT2D eigenvalue weighted by Crippen LogP contribution is -2.42. The molecule has 1 aliphatic rings. The second-order valence-corrected chi connectivity index (χ2v) is 8.79. The predicted octanol–water partition coefficient (Wildman–Crippen LogP) is 2.26. The number of pyridine rings is 1. The first kappa shape index (κ1) is 22.4. The van der Waals surface area contributed by atoms with Gasteiger partial charge in [-0.2, -0.15) is 0 Å². The Morgan fingerprint density at radius 3 is 2.39 bits per heavy atom. The van der Waals surface area contributed by atoms with Gasteiger partial charge in [0.2, 0.25) is 0 Å². The van der Waals surface area contributed by atoms with Crippen LogP contribution in [0.2, 0.25) is 0 Å². The summed E-state index contributed by atoms with van der Waals surface area (Å²) in [6, 6.07) is 8.65. The van der Waals surface area contributed by atoms with Gasteiger partial charge in [0.15, 0.2) is 5.65 Å². The maximum absolute atomic E-state index is 13.1. The zero-order chi connectivity index (χ0) is 23.7. The van der Waals surface area contributed by atoms with Crippen molar-refractivity contribution in [3.63, 3.8) is 0 Å². The molecule has 0 saturated heterocycles. The molecule has 2 aromatic heterocycles. The van der Waals surface area contributed by atoms with Gasteiger partial charge >= 0.3 is 5.69 Å². The quantitative estimate of drug-likeness (QED) is 0.498. The largest absolute Gasteiger partial charge is 0.330 e. The fourth-order valence-corrected chi connectivity index (χ4v) is 3.74. The molecule has 33 heavy (non-hydrogen) atoms. The van der Waals surface area contributed by atoms with Crippen LogP contribution in [0.25, 0.3) is 11.0 Å². The summed E-state index contributed by atoms with van der Waals surface area (Å²) >= 11 is 0. The highest BCUT2D eigenvalue weighted by Crippen LogP contribution is 2.39. The van der Waals surface area contributed by atoms with Gasteiger partial charge in [-0.15, -0.1) is 0 Å². The smallest absolute Gasteiger partial charge is 0.277 e. The minimum absolute atomic E-state index is 0.0266. The van der Waals surface area contributed by atoms with Crippen molar-refractivity contribution in [1.29, 1.82) is 0 Å². The molecule has 9 heteroatoms. The van der Waals surface area contributed by atoms with Crippen LogP contribution in [0.1, 0.15) is 71.5 Å². The van der Waals surface area contributed by atoms with Crippen LogP contribution in [-0.2, 0) is 13.0 Å². The molecular weight excluding hydrogens is 422 g/mol. The number of hydrogen-bond donors (Lipinski definition) is 3. The minimum Gasteiger partial charge on any atom is -0.277 e. The highest BCUT2D eigenvalue weighted by molar-refractivity contribution is 6.06. The number of H-pyrrole nitrogens is 1. The van der Waals surface area contributed by atoms with Crippen molar-refractivity contribution < 1.29 is 9.59 Å². The number of hydrogen-bond acceptors (Lipinski definition) is 5. The van der Waals surface area contributed by atoms with E-state index in [4.69, 9.17) is 0 Å². The number of fused-ring (bicyclic) bond motifs is 1. The van der Waals surface area contributed by atoms with Gasteiger partial charge in [-0.25, -0.2) is 9.78 Å². The molecule has 172 valence electrons. The fraction of sp³-hybridized carbons (Fsp3) is 0.375. The molecule has 0 atom stereocenters. The van der Waals surface area contributed by atoms with E-state index < -0.39 is 23.1 Å². The van der Waals surface area contributed by atoms with Crippen molar-refractivity contribution in [2.45, 2.75) is 52.5 Å². The van der Waals surface area contributed by atoms with Crippen molar-refractivity contribution in [3.8, 4) is 0 Å². The maximum atomic E-state index is 13.1. The monoisotopic (exact) mass is 449 g/mol. The molecule has 2 amide bonds. The van der Waals surface area contributed by atoms with Crippen LogP contribution in [0.15, 0.2) is 39.9 Å². The molecule has 1 aliphatic carbocycles. The van der Waals surface area contributed by atoms with Crippen LogP contribution in [0.4, 0.5) is 0 Å². The van der Waals surface area contributed by atoms with E-state index >= 15 is 0 Å². The van der Waals surface area contributed by atoms with E-state index in [1.807, 2.05) is 32.9 Å². The van der Waals surface area contributed by atoms with E-state index in [0.29, 0.717) is 17.8 Å². The standard InChI is InChI=1S/C24H27N5O4/c1-4-14-5-7-16(8-6-14)21(30)27-28-22(31)17-11-18(15-9-10-15)25-20-19(17)23(32)26-24(33)29(20)12-13(2)3/h5-8,11,13,15H,4,9-10,12H2,1-3H3,(H,27,30)(H,28,31)(H,26,32,33). The van der Waals surface area contributed by atoms with Crippen LogP contribution < -0.4 is 22.1 Å². The molecule has 0 spiro atoms. The maximum Gasteiger partial charge on any atom is 0.330 e. The van der Waals surface area contributed by atoms with E-state index in [1.54, 1.807) is 18.2 Å². The summed E-state index contributed by atoms with van der Waals surface area (Å²) in [5.74, 6) is -0.811. The van der Waals surface area contributed by atoms with Crippen LogP contribution in [0.3, 0.4) is 0 Å². The van der Waals surface area contributed by atoms with Crippen molar-refractivity contribution in [2.75, 3.05) is 0 Å². The zero-order valence-corrected chi connectivity index (χ0v) is 18.9. The predicted molar refractivity (Wildman–Crippen MR) is 124 cm³/mol. The van der Waals surface area contributed by atoms with Gasteiger partial charge in [-0.05, 0) is 48.9 Å².